The van der Waals surface area contributed by atoms with Gasteiger partial charge >= 0.3 is 5.97 Å². The molecular weight excluding hydrogens is 288 g/mol. The summed E-state index contributed by atoms with van der Waals surface area (Å²) >= 11 is 6.25. The van der Waals surface area contributed by atoms with Crippen molar-refractivity contribution in [2.24, 2.45) is 0 Å². The van der Waals surface area contributed by atoms with Gasteiger partial charge in [0.15, 0.2) is 0 Å². The first-order valence-corrected chi connectivity index (χ1v) is 7.76. The van der Waals surface area contributed by atoms with Crippen LogP contribution in [-0.2, 0) is 9.53 Å². The lowest BCUT2D eigenvalue weighted by atomic mass is 9.82. The van der Waals surface area contributed by atoms with Gasteiger partial charge in [-0.2, -0.15) is 0 Å². The molecule has 0 spiro atoms. The van der Waals surface area contributed by atoms with E-state index in [1.807, 2.05) is 24.3 Å². The van der Waals surface area contributed by atoms with Crippen molar-refractivity contribution in [2.75, 3.05) is 19.5 Å². The molecule has 5 heteroatoms. The lowest BCUT2D eigenvalue weighted by Gasteiger charge is -2.44. The monoisotopic (exact) mass is 308 g/mol. The molecule has 2 saturated heterocycles. The summed E-state index contributed by atoms with van der Waals surface area (Å²) in [5.74, 6) is -0.188. The number of hydrogen-bond donors (Lipinski definition) is 1. The molecule has 1 aromatic rings. The summed E-state index contributed by atoms with van der Waals surface area (Å²) in [7, 11) is 3.61. The van der Waals surface area contributed by atoms with Crippen molar-refractivity contribution >= 4 is 23.3 Å². The second kappa shape index (κ2) is 5.50. The van der Waals surface area contributed by atoms with Gasteiger partial charge in [-0.25, -0.2) is 4.79 Å². The molecule has 21 heavy (non-hydrogen) atoms. The largest absolute Gasteiger partial charge is 0.467 e. The molecule has 114 valence electrons. The van der Waals surface area contributed by atoms with E-state index in [1.54, 1.807) is 0 Å². The minimum atomic E-state index is -0.669. The van der Waals surface area contributed by atoms with E-state index in [2.05, 4.69) is 17.3 Å². The average molecular weight is 309 g/mol. The molecule has 2 aliphatic rings. The van der Waals surface area contributed by atoms with E-state index >= 15 is 0 Å². The van der Waals surface area contributed by atoms with Gasteiger partial charge in [-0.3, -0.25) is 0 Å². The van der Waals surface area contributed by atoms with Gasteiger partial charge in [-0.1, -0.05) is 23.7 Å². The lowest BCUT2D eigenvalue weighted by Crippen LogP contribution is -2.58. The number of nitrogens with zero attached hydrogens (tertiary/aromatic N) is 1. The molecule has 1 aromatic carbocycles. The molecule has 3 rings (SSSR count). The summed E-state index contributed by atoms with van der Waals surface area (Å²) < 4.78 is 5.10. The molecular formula is C16H21ClN2O2. The third-order valence-corrected chi connectivity index (χ3v) is 5.31. The summed E-state index contributed by atoms with van der Waals surface area (Å²) in [6.07, 6.45) is 3.81. The van der Waals surface area contributed by atoms with Crippen LogP contribution in [0.5, 0.6) is 0 Å². The van der Waals surface area contributed by atoms with Crippen molar-refractivity contribution in [1.82, 2.24) is 4.90 Å². The molecule has 2 bridgehead atoms. The van der Waals surface area contributed by atoms with Crippen molar-refractivity contribution in [3.05, 3.63) is 29.3 Å². The number of para-hydroxylation sites is 1. The maximum atomic E-state index is 12.5. The zero-order valence-corrected chi connectivity index (χ0v) is 13.2. The molecule has 0 radical (unpaired) electrons. The number of esters is 1. The Balaban J connectivity index is 1.92. The fraction of sp³-hybridized carbons (Fsp3) is 0.562. The Bertz CT molecular complexity index is 535. The number of benzene rings is 1. The van der Waals surface area contributed by atoms with Crippen LogP contribution in [0.2, 0.25) is 5.02 Å². The number of methoxy groups -OCH3 is 1. The molecule has 0 saturated carbocycles. The third-order valence-electron chi connectivity index (χ3n) is 4.98. The van der Waals surface area contributed by atoms with Crippen LogP contribution in [0.25, 0.3) is 0 Å². The first-order valence-electron chi connectivity index (χ1n) is 7.39. The van der Waals surface area contributed by atoms with Gasteiger partial charge in [-0.05, 0) is 44.9 Å². The van der Waals surface area contributed by atoms with Gasteiger partial charge in [0, 0.05) is 12.1 Å². The number of halogens is 1. The smallest absolute Gasteiger partial charge is 0.331 e. The second-order valence-corrected chi connectivity index (χ2v) is 6.54. The predicted molar refractivity (Wildman–Crippen MR) is 83.6 cm³/mol. The van der Waals surface area contributed by atoms with E-state index in [0.29, 0.717) is 17.1 Å². The summed E-state index contributed by atoms with van der Waals surface area (Å²) in [5, 5.41) is 4.03. The number of nitrogens with one attached hydrogen (secondary N) is 1. The highest BCUT2D eigenvalue weighted by atomic mass is 35.5. The molecule has 4 nitrogen and oxygen atoms in total. The Hall–Kier alpha value is -1.26. The van der Waals surface area contributed by atoms with Crippen LogP contribution in [0.15, 0.2) is 24.3 Å². The van der Waals surface area contributed by atoms with Crippen LogP contribution in [-0.4, -0.2) is 42.6 Å². The zero-order chi connectivity index (χ0) is 15.0. The van der Waals surface area contributed by atoms with Crippen LogP contribution in [0, 0.1) is 0 Å². The van der Waals surface area contributed by atoms with Crippen molar-refractivity contribution in [3.8, 4) is 0 Å². The Kier molecular flexibility index (Phi) is 3.84. The molecule has 2 atom stereocenters. The van der Waals surface area contributed by atoms with E-state index in [0.717, 1.165) is 31.4 Å². The molecule has 2 aliphatic heterocycles. The van der Waals surface area contributed by atoms with Crippen molar-refractivity contribution in [2.45, 2.75) is 43.3 Å². The fourth-order valence-corrected chi connectivity index (χ4v) is 3.99. The van der Waals surface area contributed by atoms with Gasteiger partial charge in [0.1, 0.15) is 5.54 Å². The van der Waals surface area contributed by atoms with Crippen molar-refractivity contribution < 1.29 is 9.53 Å². The van der Waals surface area contributed by atoms with Crippen LogP contribution in [0.3, 0.4) is 0 Å². The van der Waals surface area contributed by atoms with E-state index in [4.69, 9.17) is 16.3 Å². The van der Waals surface area contributed by atoms with Crippen LogP contribution < -0.4 is 5.32 Å². The Morgan fingerprint density at radius 2 is 1.95 bits per heavy atom. The number of hydrogen-bond acceptors (Lipinski definition) is 4. The molecule has 2 heterocycles. The van der Waals surface area contributed by atoms with E-state index in [1.165, 1.54) is 7.11 Å². The maximum absolute atomic E-state index is 12.5. The van der Waals surface area contributed by atoms with Gasteiger partial charge in [0.25, 0.3) is 0 Å². The van der Waals surface area contributed by atoms with Gasteiger partial charge < -0.3 is 15.0 Å². The number of rotatable bonds is 3. The number of anilines is 1. The van der Waals surface area contributed by atoms with Crippen LogP contribution >= 0.6 is 11.6 Å². The van der Waals surface area contributed by atoms with Gasteiger partial charge in [0.2, 0.25) is 0 Å². The fourth-order valence-electron chi connectivity index (χ4n) is 3.81. The molecule has 0 amide bonds. The third kappa shape index (κ3) is 2.51. The highest BCUT2D eigenvalue weighted by Gasteiger charge is 2.52. The number of carbonyl (C=O) groups excluding carboxylic acids is 1. The maximum Gasteiger partial charge on any atom is 0.331 e. The van der Waals surface area contributed by atoms with E-state index < -0.39 is 5.54 Å². The first kappa shape index (κ1) is 14.7. The molecule has 2 fully saturated rings. The molecule has 2 unspecified atom stereocenters. The quantitative estimate of drug-likeness (QED) is 0.872. The van der Waals surface area contributed by atoms with Gasteiger partial charge in [0.05, 0.1) is 17.8 Å². The topological polar surface area (TPSA) is 41.6 Å². The van der Waals surface area contributed by atoms with Crippen molar-refractivity contribution in [3.63, 3.8) is 0 Å². The number of ether oxygens (including phenoxy) is 1. The van der Waals surface area contributed by atoms with Gasteiger partial charge in [-0.15, -0.1) is 0 Å². The average Bonchev–Trinajstić information content (AvgIpc) is 2.72. The van der Waals surface area contributed by atoms with Crippen LogP contribution in [0.1, 0.15) is 25.7 Å². The minimum Gasteiger partial charge on any atom is -0.467 e. The molecule has 0 aromatic heterocycles. The number of fused-ring (bicyclic) bond motifs is 2. The Morgan fingerprint density at radius 1 is 1.33 bits per heavy atom. The summed E-state index contributed by atoms with van der Waals surface area (Å²) in [5.41, 5.74) is 0.131. The summed E-state index contributed by atoms with van der Waals surface area (Å²) in [6.45, 7) is 0. The minimum absolute atomic E-state index is 0.188. The van der Waals surface area contributed by atoms with Crippen molar-refractivity contribution in [1.29, 1.82) is 0 Å². The summed E-state index contributed by atoms with van der Waals surface area (Å²) in [4.78, 5) is 14.9. The predicted octanol–water partition coefficient (Wildman–Crippen LogP) is 2.92. The molecule has 1 N–H and O–H groups in total. The lowest BCUT2D eigenvalue weighted by molar-refractivity contribution is -0.148. The number of piperidine rings is 1. The van der Waals surface area contributed by atoms with Crippen LogP contribution in [0.4, 0.5) is 5.69 Å². The zero-order valence-electron chi connectivity index (χ0n) is 12.4. The normalized spacial score (nSPS) is 32.0. The molecule has 0 aliphatic carbocycles. The Morgan fingerprint density at radius 3 is 2.52 bits per heavy atom. The number of carbonyl (C=O) groups is 1. The van der Waals surface area contributed by atoms with E-state index in [9.17, 15) is 4.79 Å². The first-order chi connectivity index (χ1) is 10.1. The Labute approximate surface area is 130 Å². The highest BCUT2D eigenvalue weighted by Crippen LogP contribution is 2.42. The highest BCUT2D eigenvalue weighted by molar-refractivity contribution is 6.33. The van der Waals surface area contributed by atoms with E-state index in [-0.39, 0.29) is 5.97 Å². The SMILES string of the molecule is COC(=O)C1(Nc2ccccc2Cl)CC2CCC(C1)N2C. The summed E-state index contributed by atoms with van der Waals surface area (Å²) in [6, 6.07) is 8.40. The standard InChI is InChI=1S/C16H21ClN2O2/c1-19-11-7-8-12(19)10-16(9-11,15(20)21-2)18-14-6-4-3-5-13(14)17/h3-6,11-12,18H,7-10H2,1-2H3. The second-order valence-electron chi connectivity index (χ2n) is 6.14.